The fourth-order valence-corrected chi connectivity index (χ4v) is 3.79. The molecule has 1 saturated heterocycles. The first-order chi connectivity index (χ1) is 13.6. The van der Waals surface area contributed by atoms with Gasteiger partial charge in [-0.25, -0.2) is 0 Å². The van der Waals surface area contributed by atoms with Gasteiger partial charge in [0.05, 0.1) is 12.7 Å². The van der Waals surface area contributed by atoms with Gasteiger partial charge in [0.25, 0.3) is 0 Å². The second-order valence-electron chi connectivity index (χ2n) is 7.97. The lowest BCUT2D eigenvalue weighted by molar-refractivity contribution is -0.130. The maximum absolute atomic E-state index is 12.4. The first kappa shape index (κ1) is 22.5. The molecule has 2 rings (SSSR count). The van der Waals surface area contributed by atoms with Crippen LogP contribution in [0.2, 0.25) is 0 Å². The van der Waals surface area contributed by atoms with E-state index >= 15 is 0 Å². The first-order valence-electron chi connectivity index (χ1n) is 10.9. The van der Waals surface area contributed by atoms with Crippen LogP contribution in [0.25, 0.3) is 0 Å². The molecule has 1 aromatic carbocycles. The number of ether oxygens (including phenoxy) is 1. The molecule has 28 heavy (non-hydrogen) atoms. The predicted octanol–water partition coefficient (Wildman–Crippen LogP) is 5.13. The highest BCUT2D eigenvalue weighted by atomic mass is 16.5. The van der Waals surface area contributed by atoms with E-state index in [-0.39, 0.29) is 17.7 Å². The van der Waals surface area contributed by atoms with Crippen LogP contribution in [0.4, 0.5) is 0 Å². The van der Waals surface area contributed by atoms with Crippen molar-refractivity contribution in [2.75, 3.05) is 20.2 Å². The molecule has 1 N–H and O–H groups in total. The van der Waals surface area contributed by atoms with Gasteiger partial charge < -0.3 is 14.7 Å². The molecule has 1 amide bonds. The highest BCUT2D eigenvalue weighted by molar-refractivity contribution is 5.81. The molecule has 0 bridgehead atoms. The Morgan fingerprint density at radius 1 is 1.18 bits per heavy atom. The van der Waals surface area contributed by atoms with Gasteiger partial charge in [-0.2, -0.15) is 0 Å². The van der Waals surface area contributed by atoms with Crippen molar-refractivity contribution in [1.29, 1.82) is 0 Å². The number of amides is 1. The van der Waals surface area contributed by atoms with Crippen LogP contribution in [0.5, 0.6) is 5.75 Å². The second kappa shape index (κ2) is 11.9. The number of allylic oxidation sites excluding steroid dienone is 2. The van der Waals surface area contributed by atoms with Crippen molar-refractivity contribution in [2.45, 2.75) is 64.9 Å². The third-order valence-corrected chi connectivity index (χ3v) is 5.59. The van der Waals surface area contributed by atoms with E-state index in [4.69, 9.17) is 4.74 Å². The Kier molecular flexibility index (Phi) is 9.56. The van der Waals surface area contributed by atoms with Crippen molar-refractivity contribution in [2.24, 2.45) is 11.8 Å². The summed E-state index contributed by atoms with van der Waals surface area (Å²) in [4.78, 5) is 14.2. The lowest BCUT2D eigenvalue weighted by atomic mass is 9.92. The van der Waals surface area contributed by atoms with Crippen molar-refractivity contribution in [3.8, 4) is 5.75 Å². The summed E-state index contributed by atoms with van der Waals surface area (Å²) in [6.07, 6.45) is 11.1. The van der Waals surface area contributed by atoms with E-state index in [1.807, 2.05) is 36.2 Å². The average Bonchev–Trinajstić information content (AvgIpc) is 2.97. The molecule has 0 aromatic heterocycles. The predicted molar refractivity (Wildman–Crippen MR) is 114 cm³/mol. The quantitative estimate of drug-likeness (QED) is 0.399. The minimum Gasteiger partial charge on any atom is -0.493 e. The third kappa shape index (κ3) is 6.66. The van der Waals surface area contributed by atoms with Crippen LogP contribution in [0.1, 0.15) is 70.5 Å². The van der Waals surface area contributed by atoms with Gasteiger partial charge in [0.1, 0.15) is 5.75 Å². The lowest BCUT2D eigenvalue weighted by Gasteiger charge is -2.17. The van der Waals surface area contributed by atoms with E-state index in [1.165, 1.54) is 0 Å². The number of likely N-dealkylation sites (tertiary alicyclic amines) is 1. The molecule has 156 valence electrons. The van der Waals surface area contributed by atoms with Crippen LogP contribution < -0.4 is 4.74 Å². The van der Waals surface area contributed by atoms with Crippen LogP contribution in [0.3, 0.4) is 0 Å². The largest absolute Gasteiger partial charge is 0.493 e. The molecule has 4 heteroatoms. The summed E-state index contributed by atoms with van der Waals surface area (Å²) < 4.78 is 5.99. The molecule has 1 unspecified atom stereocenters. The number of aliphatic hydroxyl groups is 1. The smallest absolute Gasteiger partial charge is 0.226 e. The molecular formula is C24H37NO3. The van der Waals surface area contributed by atoms with Gasteiger partial charge in [-0.15, -0.1) is 0 Å². The van der Waals surface area contributed by atoms with Gasteiger partial charge in [-0.05, 0) is 37.0 Å². The summed E-state index contributed by atoms with van der Waals surface area (Å²) >= 11 is 0. The number of hydrogen-bond acceptors (Lipinski definition) is 3. The van der Waals surface area contributed by atoms with E-state index < -0.39 is 6.10 Å². The van der Waals surface area contributed by atoms with Crippen LogP contribution >= 0.6 is 0 Å². The molecule has 4 nitrogen and oxygen atoms in total. The van der Waals surface area contributed by atoms with E-state index in [2.05, 4.69) is 26.0 Å². The molecule has 0 radical (unpaired) electrons. The van der Waals surface area contributed by atoms with Crippen LogP contribution in [0.15, 0.2) is 36.4 Å². The van der Waals surface area contributed by atoms with E-state index in [9.17, 15) is 9.90 Å². The Bertz CT molecular complexity index is 611. The number of carbonyl (C=O) groups excluding carboxylic acids is 1. The Morgan fingerprint density at radius 3 is 2.61 bits per heavy atom. The zero-order valence-corrected chi connectivity index (χ0v) is 17.8. The first-order valence-corrected chi connectivity index (χ1v) is 10.9. The molecule has 1 heterocycles. The number of aliphatic hydroxyl groups excluding tert-OH is 1. The SMILES string of the molecule is CCC/C=C\C[C@H]1C(=O)N(C)C[C@@H]1COc1ccc(C(O)CCCCC)cc1. The highest BCUT2D eigenvalue weighted by Crippen LogP contribution is 2.29. The molecule has 0 spiro atoms. The van der Waals surface area contributed by atoms with Crippen molar-refractivity contribution >= 4 is 5.91 Å². The summed E-state index contributed by atoms with van der Waals surface area (Å²) in [5.41, 5.74) is 0.943. The highest BCUT2D eigenvalue weighted by Gasteiger charge is 2.37. The summed E-state index contributed by atoms with van der Waals surface area (Å²) in [5, 5.41) is 10.3. The normalized spacial score (nSPS) is 20.9. The Hall–Kier alpha value is -1.81. The third-order valence-electron chi connectivity index (χ3n) is 5.59. The number of nitrogens with zero attached hydrogens (tertiary/aromatic N) is 1. The van der Waals surface area contributed by atoms with E-state index in [1.54, 1.807) is 0 Å². The number of carbonyl (C=O) groups is 1. The molecule has 0 aliphatic carbocycles. The topological polar surface area (TPSA) is 49.8 Å². The number of rotatable bonds is 12. The maximum atomic E-state index is 12.4. The Morgan fingerprint density at radius 2 is 1.93 bits per heavy atom. The summed E-state index contributed by atoms with van der Waals surface area (Å²) in [6.45, 7) is 5.62. The van der Waals surface area contributed by atoms with Crippen molar-refractivity contribution in [3.05, 3.63) is 42.0 Å². The average molecular weight is 388 g/mol. The Balaban J connectivity index is 1.86. The van der Waals surface area contributed by atoms with Gasteiger partial charge >= 0.3 is 0 Å². The van der Waals surface area contributed by atoms with Gasteiger partial charge in [0.15, 0.2) is 0 Å². The van der Waals surface area contributed by atoms with Gasteiger partial charge in [0.2, 0.25) is 5.91 Å². The minimum absolute atomic E-state index is 0.0118. The van der Waals surface area contributed by atoms with Crippen molar-refractivity contribution in [1.82, 2.24) is 4.90 Å². The van der Waals surface area contributed by atoms with Crippen LogP contribution in [-0.4, -0.2) is 36.1 Å². The molecular weight excluding hydrogens is 350 g/mol. The van der Waals surface area contributed by atoms with E-state index in [0.717, 1.165) is 62.8 Å². The molecule has 0 saturated carbocycles. The number of unbranched alkanes of at least 4 members (excludes halogenated alkanes) is 3. The zero-order valence-electron chi connectivity index (χ0n) is 17.8. The molecule has 1 aliphatic heterocycles. The van der Waals surface area contributed by atoms with Gasteiger partial charge in [0, 0.05) is 25.4 Å². The van der Waals surface area contributed by atoms with Crippen LogP contribution in [0, 0.1) is 11.8 Å². The molecule has 3 atom stereocenters. The standard InChI is InChI=1S/C24H37NO3/c1-4-6-8-10-11-22-20(17-25(3)24(22)27)18-28-21-15-13-19(14-16-21)23(26)12-9-7-5-2/h8,10,13-16,20,22-23,26H,4-7,9,11-12,17-18H2,1-3H3/b10-8-/t20-,22-,23?/m1/s1. The number of hydrogen-bond donors (Lipinski definition) is 1. The number of benzene rings is 1. The van der Waals surface area contributed by atoms with Gasteiger partial charge in [-0.1, -0.05) is 63.8 Å². The Labute approximate surface area is 170 Å². The maximum Gasteiger partial charge on any atom is 0.226 e. The van der Waals surface area contributed by atoms with Crippen molar-refractivity contribution < 1.29 is 14.6 Å². The second-order valence-corrected chi connectivity index (χ2v) is 7.97. The molecule has 1 fully saturated rings. The van der Waals surface area contributed by atoms with Gasteiger partial charge in [-0.3, -0.25) is 4.79 Å². The van der Waals surface area contributed by atoms with Crippen molar-refractivity contribution in [3.63, 3.8) is 0 Å². The summed E-state index contributed by atoms with van der Waals surface area (Å²) in [6, 6.07) is 7.75. The molecule has 1 aromatic rings. The molecule has 1 aliphatic rings. The minimum atomic E-state index is -0.402. The van der Waals surface area contributed by atoms with E-state index in [0.29, 0.717) is 6.61 Å². The summed E-state index contributed by atoms with van der Waals surface area (Å²) in [7, 11) is 1.87. The lowest BCUT2D eigenvalue weighted by Crippen LogP contribution is -2.22. The fourth-order valence-electron chi connectivity index (χ4n) is 3.79. The summed E-state index contributed by atoms with van der Waals surface area (Å²) in [5.74, 6) is 1.24. The zero-order chi connectivity index (χ0) is 20.4. The fraction of sp³-hybridized carbons (Fsp3) is 0.625. The monoisotopic (exact) mass is 387 g/mol. The van der Waals surface area contributed by atoms with Crippen LogP contribution in [-0.2, 0) is 4.79 Å².